The fraction of sp³-hybridized carbons (Fsp3) is 0.692. The summed E-state index contributed by atoms with van der Waals surface area (Å²) in [5.41, 5.74) is 6.32. The average molecular weight is 506 g/mol. The Morgan fingerprint density at radius 1 is 1.19 bits per heavy atom. The lowest BCUT2D eigenvalue weighted by Gasteiger charge is -2.28. The van der Waals surface area contributed by atoms with Crippen molar-refractivity contribution in [1.82, 2.24) is 20.9 Å². The predicted molar refractivity (Wildman–Crippen MR) is 138 cm³/mol. The Kier molecular flexibility index (Phi) is 12.5. The first-order valence-corrected chi connectivity index (χ1v) is 13.1. The number of amides is 3. The molecule has 36 heavy (non-hydrogen) atoms. The molecule has 0 spiro atoms. The van der Waals surface area contributed by atoms with Gasteiger partial charge in [0, 0.05) is 18.7 Å². The number of aliphatic carboxylic acids is 1. The van der Waals surface area contributed by atoms with Gasteiger partial charge in [0.2, 0.25) is 5.91 Å². The molecule has 2 unspecified atom stereocenters. The number of carboxylic acid groups (broad SMARTS) is 1. The highest BCUT2D eigenvalue weighted by molar-refractivity contribution is 5.89. The third kappa shape index (κ3) is 9.64. The van der Waals surface area contributed by atoms with E-state index in [2.05, 4.69) is 20.9 Å². The lowest BCUT2D eigenvalue weighted by atomic mass is 9.90. The summed E-state index contributed by atoms with van der Waals surface area (Å²) in [6.07, 6.45) is 8.51. The summed E-state index contributed by atoms with van der Waals surface area (Å²) in [5, 5.41) is 18.2. The zero-order valence-corrected chi connectivity index (χ0v) is 21.8. The van der Waals surface area contributed by atoms with Gasteiger partial charge >= 0.3 is 12.0 Å². The highest BCUT2D eigenvalue weighted by atomic mass is 16.5. The third-order valence-corrected chi connectivity index (χ3v) is 6.72. The number of nitrogens with two attached hydrogens (primary N) is 1. The quantitative estimate of drug-likeness (QED) is 0.381. The van der Waals surface area contributed by atoms with Crippen LogP contribution in [0.5, 0.6) is 0 Å². The van der Waals surface area contributed by atoms with Gasteiger partial charge in [-0.2, -0.15) is 0 Å². The summed E-state index contributed by atoms with van der Waals surface area (Å²) in [4.78, 5) is 42.2. The molecular formula is C26H43N5O5. The summed E-state index contributed by atoms with van der Waals surface area (Å²) >= 11 is 0. The number of rotatable bonds is 7. The maximum absolute atomic E-state index is 13.2. The average Bonchev–Trinajstić information content (AvgIpc) is 2.83. The number of hydrogen-bond donors (Lipinski definition) is 5. The molecule has 1 aromatic heterocycles. The molecule has 0 saturated carbocycles. The van der Waals surface area contributed by atoms with Gasteiger partial charge in [-0.05, 0) is 36.8 Å². The molecule has 0 aromatic carbocycles. The van der Waals surface area contributed by atoms with E-state index >= 15 is 0 Å². The predicted octanol–water partition coefficient (Wildman–Crippen LogP) is 3.18. The van der Waals surface area contributed by atoms with Crippen LogP contribution < -0.4 is 21.7 Å². The van der Waals surface area contributed by atoms with Crippen molar-refractivity contribution in [2.45, 2.75) is 96.2 Å². The molecule has 0 aliphatic carbocycles. The van der Waals surface area contributed by atoms with Crippen molar-refractivity contribution in [2.75, 3.05) is 18.9 Å². The molecule has 6 N–H and O–H groups in total. The molecule has 10 heteroatoms. The molecule has 1 aliphatic heterocycles. The van der Waals surface area contributed by atoms with Crippen molar-refractivity contribution in [3.63, 3.8) is 0 Å². The van der Waals surface area contributed by atoms with E-state index in [4.69, 9.17) is 10.5 Å². The minimum absolute atomic E-state index is 0.159. The smallest absolute Gasteiger partial charge is 0.326 e. The van der Waals surface area contributed by atoms with Crippen molar-refractivity contribution in [3.8, 4) is 0 Å². The van der Waals surface area contributed by atoms with Crippen LogP contribution in [-0.2, 0) is 14.3 Å². The van der Waals surface area contributed by atoms with E-state index in [1.807, 2.05) is 20.8 Å². The first-order valence-electron chi connectivity index (χ1n) is 13.1. The van der Waals surface area contributed by atoms with Gasteiger partial charge in [-0.1, -0.05) is 58.9 Å². The first-order chi connectivity index (χ1) is 17.2. The molecule has 1 saturated heterocycles. The van der Waals surface area contributed by atoms with Crippen molar-refractivity contribution in [3.05, 3.63) is 23.9 Å². The van der Waals surface area contributed by atoms with Gasteiger partial charge in [-0.3, -0.25) is 4.79 Å². The van der Waals surface area contributed by atoms with Crippen molar-refractivity contribution in [2.24, 2.45) is 5.92 Å². The maximum Gasteiger partial charge on any atom is 0.326 e. The Morgan fingerprint density at radius 3 is 2.50 bits per heavy atom. The molecule has 1 aromatic rings. The Hall–Kier alpha value is -2.88. The number of ether oxygens (including phenoxy) is 1. The summed E-state index contributed by atoms with van der Waals surface area (Å²) < 4.78 is 5.79. The van der Waals surface area contributed by atoms with Crippen LogP contribution in [0.15, 0.2) is 18.3 Å². The van der Waals surface area contributed by atoms with E-state index in [1.54, 1.807) is 12.1 Å². The zero-order chi connectivity index (χ0) is 26.5. The van der Waals surface area contributed by atoms with Gasteiger partial charge in [-0.15, -0.1) is 0 Å². The fourth-order valence-corrected chi connectivity index (χ4v) is 4.40. The van der Waals surface area contributed by atoms with Crippen LogP contribution in [0, 0.1) is 5.92 Å². The highest BCUT2D eigenvalue weighted by Gasteiger charge is 2.32. The van der Waals surface area contributed by atoms with Crippen LogP contribution in [0.25, 0.3) is 0 Å². The van der Waals surface area contributed by atoms with Crippen LogP contribution in [-0.4, -0.2) is 59.3 Å². The SMILES string of the molecule is CCC(c1ccc(N)nc1)C(NC(=O)N[C@@H]1CCCCCCCCOC[C@H](C(C)C)NC1=O)C(=O)O. The molecule has 10 nitrogen and oxygen atoms in total. The second-order valence-electron chi connectivity index (χ2n) is 9.86. The van der Waals surface area contributed by atoms with E-state index in [1.165, 1.54) is 6.20 Å². The van der Waals surface area contributed by atoms with Gasteiger partial charge < -0.3 is 31.5 Å². The number of carbonyl (C=O) groups excluding carboxylic acids is 2. The molecule has 4 atom stereocenters. The number of urea groups is 1. The largest absolute Gasteiger partial charge is 0.480 e. The monoisotopic (exact) mass is 505 g/mol. The maximum atomic E-state index is 13.2. The standard InChI is InChI=1S/C26H43N5O5/c1-4-19(18-12-13-22(27)28-15-18)23(25(33)34)31-26(35)30-20-11-9-7-5-6-8-10-14-36-16-21(17(2)3)29-24(20)32/h12-13,15,17,19-21,23H,4-11,14,16H2,1-3H3,(H2,27,28)(H,29,32)(H,33,34)(H2,30,31,35)/t19?,20-,21-,23?/m1/s1. The number of carboxylic acids is 1. The van der Waals surface area contributed by atoms with E-state index in [-0.39, 0.29) is 17.9 Å². The Morgan fingerprint density at radius 2 is 1.89 bits per heavy atom. The second kappa shape index (κ2) is 15.3. The lowest BCUT2D eigenvalue weighted by molar-refractivity contribution is -0.139. The van der Waals surface area contributed by atoms with E-state index in [9.17, 15) is 19.5 Å². The normalized spacial score (nSPS) is 22.1. The Labute approximate surface area is 214 Å². The highest BCUT2D eigenvalue weighted by Crippen LogP contribution is 2.24. The van der Waals surface area contributed by atoms with Gasteiger partial charge in [0.1, 0.15) is 17.9 Å². The van der Waals surface area contributed by atoms with Crippen molar-refractivity contribution in [1.29, 1.82) is 0 Å². The molecule has 0 bridgehead atoms. The molecule has 2 heterocycles. The van der Waals surface area contributed by atoms with Gasteiger partial charge in [0.15, 0.2) is 0 Å². The van der Waals surface area contributed by atoms with Crippen LogP contribution >= 0.6 is 0 Å². The number of nitrogens with one attached hydrogen (secondary N) is 3. The molecule has 0 radical (unpaired) electrons. The van der Waals surface area contributed by atoms with E-state index < -0.39 is 30.0 Å². The second-order valence-corrected chi connectivity index (χ2v) is 9.86. The molecular weight excluding hydrogens is 462 g/mol. The number of hydrogen-bond acceptors (Lipinski definition) is 6. The molecule has 2 rings (SSSR count). The summed E-state index contributed by atoms with van der Waals surface area (Å²) in [6.45, 7) is 6.96. The van der Waals surface area contributed by atoms with Crippen molar-refractivity contribution >= 4 is 23.7 Å². The first kappa shape index (κ1) is 29.4. The summed E-state index contributed by atoms with van der Waals surface area (Å²) in [5.74, 6) is -1.48. The Bertz CT molecular complexity index is 833. The zero-order valence-electron chi connectivity index (χ0n) is 21.8. The Balaban J connectivity index is 2.12. The van der Waals surface area contributed by atoms with Gasteiger partial charge in [0.05, 0.1) is 12.6 Å². The number of nitrogen functional groups attached to an aromatic ring is 1. The fourth-order valence-electron chi connectivity index (χ4n) is 4.40. The molecule has 1 aliphatic rings. The van der Waals surface area contributed by atoms with Crippen LogP contribution in [0.4, 0.5) is 10.6 Å². The topological polar surface area (TPSA) is 156 Å². The minimum atomic E-state index is -1.20. The number of nitrogens with zero attached hydrogens (tertiary/aromatic N) is 1. The van der Waals surface area contributed by atoms with Crippen LogP contribution in [0.1, 0.15) is 83.6 Å². The van der Waals surface area contributed by atoms with Gasteiger partial charge in [0.25, 0.3) is 0 Å². The number of anilines is 1. The summed E-state index contributed by atoms with van der Waals surface area (Å²) in [6, 6.07) is 0.474. The number of carbonyl (C=O) groups is 3. The number of pyridine rings is 1. The van der Waals surface area contributed by atoms with Crippen LogP contribution in [0.3, 0.4) is 0 Å². The summed E-state index contributed by atoms with van der Waals surface area (Å²) in [7, 11) is 0. The molecule has 1 fully saturated rings. The van der Waals surface area contributed by atoms with Gasteiger partial charge in [-0.25, -0.2) is 14.6 Å². The third-order valence-electron chi connectivity index (χ3n) is 6.72. The molecule has 3 amide bonds. The van der Waals surface area contributed by atoms with E-state index in [0.717, 1.165) is 38.5 Å². The minimum Gasteiger partial charge on any atom is -0.480 e. The lowest BCUT2D eigenvalue weighted by Crippen LogP contribution is -2.56. The van der Waals surface area contributed by atoms with E-state index in [0.29, 0.717) is 37.4 Å². The van der Waals surface area contributed by atoms with Crippen LogP contribution in [0.2, 0.25) is 0 Å². The molecule has 202 valence electrons. The number of aromatic nitrogens is 1. The van der Waals surface area contributed by atoms with Crippen molar-refractivity contribution < 1.29 is 24.2 Å².